The van der Waals surface area contributed by atoms with Crippen LogP contribution in [0.4, 0.5) is 0 Å². The Bertz CT molecular complexity index is 277. The summed E-state index contributed by atoms with van der Waals surface area (Å²) in [6.45, 7) is 0. The average molecular weight is 194 g/mol. The van der Waals surface area contributed by atoms with E-state index in [1.165, 1.54) is 19.2 Å². The maximum atomic E-state index is 10.4. The third-order valence-electron chi connectivity index (χ3n) is 1.23. The fourth-order valence-corrected chi connectivity index (χ4v) is 1.11. The van der Waals surface area contributed by atoms with E-state index in [4.69, 9.17) is 4.74 Å². The van der Waals surface area contributed by atoms with Crippen molar-refractivity contribution in [1.29, 1.82) is 0 Å². The quantitative estimate of drug-likeness (QED) is 0.402. The molecule has 0 amide bonds. The molecule has 12 heavy (non-hydrogen) atoms. The van der Waals surface area contributed by atoms with Gasteiger partial charge in [-0.1, -0.05) is 6.07 Å². The zero-order valence-electron chi connectivity index (χ0n) is 6.94. The molecule has 0 saturated heterocycles. The molecule has 3 nitrogen and oxygen atoms in total. The van der Waals surface area contributed by atoms with Crippen molar-refractivity contribution < 1.29 is 43.1 Å². The monoisotopic (exact) mass is 194 g/mol. The van der Waals surface area contributed by atoms with E-state index in [1.807, 2.05) is 0 Å². The number of methoxy groups -OCH3 is 1. The summed E-state index contributed by atoms with van der Waals surface area (Å²) >= 11 is -2.17. The van der Waals surface area contributed by atoms with Gasteiger partial charge in [0.05, 0.1) is 7.11 Å². The number of ether oxygens (including phenoxy) is 1. The first-order valence-electron chi connectivity index (χ1n) is 2.97. The first-order chi connectivity index (χ1) is 5.24. The van der Waals surface area contributed by atoms with E-state index in [-0.39, 0.29) is 34.5 Å². The molecule has 1 aromatic rings. The normalized spacial score (nSPS) is 11.5. The molecule has 0 saturated carbocycles. The summed E-state index contributed by atoms with van der Waals surface area (Å²) in [6, 6.07) is 6.29. The molecule has 1 atom stereocenters. The molecule has 0 aromatic heterocycles. The van der Waals surface area contributed by atoms with Crippen LogP contribution in [0.1, 0.15) is 0 Å². The zero-order valence-corrected chi connectivity index (χ0v) is 9.76. The molecule has 1 aromatic carbocycles. The smallest absolute Gasteiger partial charge is 0.768 e. The Balaban J connectivity index is 0.00000121. The Labute approximate surface area is 95.7 Å². The molecule has 0 radical (unpaired) electrons. The van der Waals surface area contributed by atoms with Crippen LogP contribution in [0.2, 0.25) is 0 Å². The Morgan fingerprint density at radius 1 is 1.50 bits per heavy atom. The SMILES string of the molecule is COc1cccc(S(=O)[O-])c1.[Na+]. The van der Waals surface area contributed by atoms with Crippen LogP contribution in [0.5, 0.6) is 5.75 Å². The van der Waals surface area contributed by atoms with Crippen molar-refractivity contribution in [2.45, 2.75) is 4.90 Å². The topological polar surface area (TPSA) is 49.4 Å². The van der Waals surface area contributed by atoms with Gasteiger partial charge in [-0.3, -0.25) is 4.21 Å². The standard InChI is InChI=1S/C7H8O3S.Na/c1-10-6-3-2-4-7(5-6)11(8)9;/h2-5H,1H3,(H,8,9);/q;+1/p-1. The van der Waals surface area contributed by atoms with Crippen LogP contribution >= 0.6 is 0 Å². The van der Waals surface area contributed by atoms with Crippen molar-refractivity contribution in [2.75, 3.05) is 7.11 Å². The van der Waals surface area contributed by atoms with Crippen molar-refractivity contribution in [1.82, 2.24) is 0 Å². The summed E-state index contributed by atoms with van der Waals surface area (Å²) in [7, 11) is 1.49. The van der Waals surface area contributed by atoms with E-state index in [0.29, 0.717) is 5.75 Å². The van der Waals surface area contributed by atoms with Crippen molar-refractivity contribution in [2.24, 2.45) is 0 Å². The summed E-state index contributed by atoms with van der Waals surface area (Å²) < 4.78 is 25.7. The van der Waals surface area contributed by atoms with Gasteiger partial charge in [0.25, 0.3) is 0 Å². The first-order valence-corrected chi connectivity index (χ1v) is 4.05. The van der Waals surface area contributed by atoms with Crippen molar-refractivity contribution in [3.63, 3.8) is 0 Å². The number of rotatable bonds is 2. The van der Waals surface area contributed by atoms with E-state index >= 15 is 0 Å². The van der Waals surface area contributed by atoms with Crippen molar-refractivity contribution in [3.05, 3.63) is 24.3 Å². The van der Waals surface area contributed by atoms with Gasteiger partial charge in [-0.05, 0) is 29.3 Å². The van der Waals surface area contributed by atoms with Gasteiger partial charge in [0.15, 0.2) is 0 Å². The van der Waals surface area contributed by atoms with Gasteiger partial charge in [-0.15, -0.1) is 0 Å². The van der Waals surface area contributed by atoms with E-state index in [9.17, 15) is 8.76 Å². The number of hydrogen-bond acceptors (Lipinski definition) is 3. The molecule has 5 heteroatoms. The van der Waals surface area contributed by atoms with Crippen LogP contribution in [0.25, 0.3) is 0 Å². The molecular formula is C7H7NaO3S. The first kappa shape index (κ1) is 12.1. The van der Waals surface area contributed by atoms with Crippen LogP contribution in [0.3, 0.4) is 0 Å². The third kappa shape index (κ3) is 3.25. The average Bonchev–Trinajstić information content (AvgIpc) is 2.05. The van der Waals surface area contributed by atoms with Crippen LogP contribution in [0.15, 0.2) is 29.2 Å². The summed E-state index contributed by atoms with van der Waals surface area (Å²) in [5.74, 6) is 0.548. The Morgan fingerprint density at radius 2 is 2.17 bits per heavy atom. The number of hydrogen-bond donors (Lipinski definition) is 0. The molecule has 0 aliphatic heterocycles. The molecule has 0 spiro atoms. The van der Waals surface area contributed by atoms with Crippen molar-refractivity contribution in [3.8, 4) is 5.75 Å². The predicted octanol–water partition coefficient (Wildman–Crippen LogP) is -2.06. The largest absolute Gasteiger partial charge is 1.00 e. The van der Waals surface area contributed by atoms with Gasteiger partial charge < -0.3 is 9.29 Å². The van der Waals surface area contributed by atoms with E-state index < -0.39 is 11.1 Å². The fraction of sp³-hybridized carbons (Fsp3) is 0.143. The molecule has 1 rings (SSSR count). The fourth-order valence-electron chi connectivity index (χ4n) is 0.705. The maximum absolute atomic E-state index is 10.4. The van der Waals surface area contributed by atoms with Crippen molar-refractivity contribution >= 4 is 11.1 Å². The molecule has 0 aliphatic rings. The molecule has 0 N–H and O–H groups in total. The van der Waals surface area contributed by atoms with Gasteiger partial charge in [0, 0.05) is 4.90 Å². The van der Waals surface area contributed by atoms with Crippen LogP contribution in [0, 0.1) is 0 Å². The van der Waals surface area contributed by atoms with Gasteiger partial charge in [-0.2, -0.15) is 0 Å². The molecule has 0 bridgehead atoms. The van der Waals surface area contributed by atoms with E-state index in [1.54, 1.807) is 12.1 Å². The minimum Gasteiger partial charge on any atom is -0.768 e. The molecule has 0 fully saturated rings. The van der Waals surface area contributed by atoms with Crippen LogP contribution < -0.4 is 34.3 Å². The van der Waals surface area contributed by atoms with Gasteiger partial charge in [0.1, 0.15) is 5.75 Å². The predicted molar refractivity (Wildman–Crippen MR) is 40.2 cm³/mol. The zero-order chi connectivity index (χ0) is 8.27. The molecule has 1 unspecified atom stereocenters. The molecule has 0 heterocycles. The molecule has 60 valence electrons. The van der Waals surface area contributed by atoms with E-state index in [0.717, 1.165) is 0 Å². The Kier molecular flexibility index (Phi) is 5.78. The summed E-state index contributed by atoms with van der Waals surface area (Å²) in [6.07, 6.45) is 0. The second-order valence-electron chi connectivity index (χ2n) is 1.91. The Morgan fingerprint density at radius 3 is 2.67 bits per heavy atom. The Hall–Kier alpha value is 0.130. The minimum atomic E-state index is -2.17. The second kappa shape index (κ2) is 5.72. The van der Waals surface area contributed by atoms with Gasteiger partial charge in [-0.25, -0.2) is 0 Å². The van der Waals surface area contributed by atoms with Gasteiger partial charge >= 0.3 is 29.6 Å². The third-order valence-corrected chi connectivity index (χ3v) is 1.87. The van der Waals surface area contributed by atoms with Gasteiger partial charge in [0.2, 0.25) is 0 Å². The van der Waals surface area contributed by atoms with E-state index in [2.05, 4.69) is 0 Å². The summed E-state index contributed by atoms with van der Waals surface area (Å²) in [5, 5.41) is 0. The van der Waals surface area contributed by atoms with Crippen LogP contribution in [-0.2, 0) is 11.1 Å². The van der Waals surface area contributed by atoms with Crippen LogP contribution in [-0.4, -0.2) is 15.9 Å². The maximum Gasteiger partial charge on any atom is 1.00 e. The second-order valence-corrected chi connectivity index (χ2v) is 2.85. The number of benzene rings is 1. The minimum absolute atomic E-state index is 0. The molecule has 0 aliphatic carbocycles. The summed E-state index contributed by atoms with van der Waals surface area (Å²) in [5.41, 5.74) is 0. The molecular weight excluding hydrogens is 187 g/mol. The summed E-state index contributed by atoms with van der Waals surface area (Å²) in [4.78, 5) is 0.240.